The molecule has 1 aliphatic rings. The van der Waals surface area contributed by atoms with Crippen LogP contribution < -0.4 is 5.32 Å². The largest absolute Gasteiger partial charge is 0.355 e. The van der Waals surface area contributed by atoms with Gasteiger partial charge in [-0.25, -0.2) is 8.78 Å². The number of ether oxygens (including phenoxy) is 2. The van der Waals surface area contributed by atoms with Crippen LogP contribution in [-0.2, 0) is 9.47 Å². The van der Waals surface area contributed by atoms with Gasteiger partial charge in [-0.2, -0.15) is 0 Å². The van der Waals surface area contributed by atoms with Crippen molar-refractivity contribution < 1.29 is 18.3 Å². The van der Waals surface area contributed by atoms with Crippen molar-refractivity contribution >= 4 is 0 Å². The summed E-state index contributed by atoms with van der Waals surface area (Å²) in [6.45, 7) is 1.15. The number of alkyl halides is 2. The fourth-order valence-electron chi connectivity index (χ4n) is 1.02. The molecular formula is C7H13F2NO2. The maximum absolute atomic E-state index is 11.7. The second kappa shape index (κ2) is 5.40. The van der Waals surface area contributed by atoms with Gasteiger partial charge in [-0.3, -0.25) is 0 Å². The Bertz CT molecular complexity index is 118. The van der Waals surface area contributed by atoms with Crippen LogP contribution in [0, 0.1) is 0 Å². The van der Waals surface area contributed by atoms with Gasteiger partial charge in [-0.1, -0.05) is 0 Å². The molecule has 1 saturated heterocycles. The van der Waals surface area contributed by atoms with Gasteiger partial charge >= 0.3 is 0 Å². The van der Waals surface area contributed by atoms with Crippen molar-refractivity contribution in [3.63, 3.8) is 0 Å². The minimum absolute atomic E-state index is 0.0255. The lowest BCUT2D eigenvalue weighted by Crippen LogP contribution is -2.35. The molecule has 1 N–H and O–H groups in total. The molecule has 5 heteroatoms. The lowest BCUT2D eigenvalue weighted by molar-refractivity contribution is -0.137. The van der Waals surface area contributed by atoms with Gasteiger partial charge in [0, 0.05) is 6.54 Å². The number of nitrogens with one attached hydrogen (secondary N) is 1. The predicted molar refractivity (Wildman–Crippen MR) is 39.2 cm³/mol. The van der Waals surface area contributed by atoms with Crippen molar-refractivity contribution in [1.29, 1.82) is 0 Å². The zero-order valence-corrected chi connectivity index (χ0v) is 6.76. The van der Waals surface area contributed by atoms with Crippen LogP contribution in [0.2, 0.25) is 0 Å². The Hall–Kier alpha value is -0.260. The molecule has 1 unspecified atom stereocenters. The Labute approximate surface area is 70.0 Å². The second-order valence-electron chi connectivity index (χ2n) is 2.65. The van der Waals surface area contributed by atoms with Crippen LogP contribution >= 0.6 is 0 Å². The van der Waals surface area contributed by atoms with E-state index in [-0.39, 0.29) is 19.4 Å². The number of hydrogen-bond acceptors (Lipinski definition) is 3. The molecule has 0 aromatic carbocycles. The molecule has 3 nitrogen and oxygen atoms in total. The van der Waals surface area contributed by atoms with E-state index in [9.17, 15) is 8.78 Å². The topological polar surface area (TPSA) is 30.5 Å². The molecule has 72 valence electrons. The molecule has 0 spiro atoms. The van der Waals surface area contributed by atoms with Crippen LogP contribution in [-0.4, -0.2) is 39.0 Å². The highest BCUT2D eigenvalue weighted by atomic mass is 19.3. The first kappa shape index (κ1) is 9.83. The summed E-state index contributed by atoms with van der Waals surface area (Å²) in [5.74, 6) is 0. The van der Waals surface area contributed by atoms with Gasteiger partial charge in [0.2, 0.25) is 0 Å². The Kier molecular flexibility index (Phi) is 4.42. The van der Waals surface area contributed by atoms with Crippen molar-refractivity contribution in [1.82, 2.24) is 5.32 Å². The third-order valence-corrected chi connectivity index (χ3v) is 1.64. The molecule has 0 radical (unpaired) electrons. The third-order valence-electron chi connectivity index (χ3n) is 1.64. The summed E-state index contributed by atoms with van der Waals surface area (Å²) < 4.78 is 33.4. The molecule has 0 saturated carbocycles. The Morgan fingerprint density at radius 2 is 2.33 bits per heavy atom. The van der Waals surface area contributed by atoms with E-state index in [1.807, 2.05) is 0 Å². The fourth-order valence-corrected chi connectivity index (χ4v) is 1.02. The SMILES string of the molecule is FC(F)CNCC1CCOCO1. The molecule has 0 aliphatic carbocycles. The van der Waals surface area contributed by atoms with Gasteiger partial charge in [0.1, 0.15) is 6.79 Å². The molecule has 0 aromatic heterocycles. The van der Waals surface area contributed by atoms with Crippen molar-refractivity contribution in [2.24, 2.45) is 0 Å². The van der Waals surface area contributed by atoms with E-state index in [0.29, 0.717) is 13.2 Å². The first-order valence-electron chi connectivity index (χ1n) is 3.97. The summed E-state index contributed by atoms with van der Waals surface area (Å²) in [5.41, 5.74) is 0. The summed E-state index contributed by atoms with van der Waals surface area (Å²) in [4.78, 5) is 0. The average molecular weight is 181 g/mol. The Morgan fingerprint density at radius 3 is 2.92 bits per heavy atom. The number of hydrogen-bond donors (Lipinski definition) is 1. The van der Waals surface area contributed by atoms with E-state index in [0.717, 1.165) is 6.42 Å². The summed E-state index contributed by atoms with van der Waals surface area (Å²) in [6.07, 6.45) is -1.49. The van der Waals surface area contributed by atoms with Crippen LogP contribution in [0.3, 0.4) is 0 Å². The number of halogens is 2. The van der Waals surface area contributed by atoms with Gasteiger partial charge in [0.25, 0.3) is 6.43 Å². The Morgan fingerprint density at radius 1 is 1.50 bits per heavy atom. The zero-order chi connectivity index (χ0) is 8.81. The van der Waals surface area contributed by atoms with Crippen LogP contribution in [0.1, 0.15) is 6.42 Å². The van der Waals surface area contributed by atoms with E-state index in [2.05, 4.69) is 5.32 Å². The maximum atomic E-state index is 11.7. The van der Waals surface area contributed by atoms with Crippen LogP contribution in [0.25, 0.3) is 0 Å². The maximum Gasteiger partial charge on any atom is 0.250 e. The van der Waals surface area contributed by atoms with Crippen molar-refractivity contribution in [3.05, 3.63) is 0 Å². The highest BCUT2D eigenvalue weighted by Gasteiger charge is 2.13. The molecule has 0 aromatic rings. The van der Waals surface area contributed by atoms with Crippen molar-refractivity contribution in [2.45, 2.75) is 19.0 Å². The van der Waals surface area contributed by atoms with E-state index >= 15 is 0 Å². The van der Waals surface area contributed by atoms with Crippen molar-refractivity contribution in [3.8, 4) is 0 Å². The van der Waals surface area contributed by atoms with Gasteiger partial charge < -0.3 is 14.8 Å². The predicted octanol–water partition coefficient (Wildman–Crippen LogP) is 0.604. The highest BCUT2D eigenvalue weighted by molar-refractivity contribution is 4.63. The summed E-state index contributed by atoms with van der Waals surface area (Å²) in [7, 11) is 0. The second-order valence-corrected chi connectivity index (χ2v) is 2.65. The minimum atomic E-state index is -2.29. The molecule has 1 fully saturated rings. The monoisotopic (exact) mass is 181 g/mol. The first-order valence-corrected chi connectivity index (χ1v) is 3.97. The molecule has 12 heavy (non-hydrogen) atoms. The highest BCUT2D eigenvalue weighted by Crippen LogP contribution is 2.04. The minimum Gasteiger partial charge on any atom is -0.355 e. The van der Waals surface area contributed by atoms with Gasteiger partial charge in [-0.05, 0) is 6.42 Å². The summed E-state index contributed by atoms with van der Waals surface area (Å²) in [5, 5.41) is 2.62. The molecule has 1 aliphatic heterocycles. The lowest BCUT2D eigenvalue weighted by atomic mass is 10.2. The zero-order valence-electron chi connectivity index (χ0n) is 6.76. The normalized spacial score (nSPS) is 24.8. The van der Waals surface area contributed by atoms with E-state index in [1.165, 1.54) is 0 Å². The third kappa shape index (κ3) is 3.94. The van der Waals surface area contributed by atoms with E-state index in [1.54, 1.807) is 0 Å². The first-order chi connectivity index (χ1) is 5.79. The van der Waals surface area contributed by atoms with Crippen LogP contribution in [0.4, 0.5) is 8.78 Å². The molecular weight excluding hydrogens is 168 g/mol. The lowest BCUT2D eigenvalue weighted by Gasteiger charge is -2.22. The van der Waals surface area contributed by atoms with Gasteiger partial charge in [0.15, 0.2) is 0 Å². The Balaban J connectivity index is 1.98. The quantitative estimate of drug-likeness (QED) is 0.689. The molecule has 1 rings (SSSR count). The standard InChI is InChI=1S/C7H13F2NO2/c8-7(9)4-10-3-6-1-2-11-5-12-6/h6-7,10H,1-5H2. The summed E-state index contributed by atoms with van der Waals surface area (Å²) in [6, 6.07) is 0. The molecule has 1 atom stereocenters. The van der Waals surface area contributed by atoms with E-state index in [4.69, 9.17) is 9.47 Å². The average Bonchev–Trinajstić information content (AvgIpc) is 2.05. The summed E-state index contributed by atoms with van der Waals surface area (Å²) >= 11 is 0. The van der Waals surface area contributed by atoms with Crippen molar-refractivity contribution in [2.75, 3.05) is 26.5 Å². The molecule has 1 heterocycles. The number of rotatable bonds is 4. The van der Waals surface area contributed by atoms with Gasteiger partial charge in [0.05, 0.1) is 19.3 Å². The van der Waals surface area contributed by atoms with E-state index < -0.39 is 6.43 Å². The van der Waals surface area contributed by atoms with Crippen LogP contribution in [0.15, 0.2) is 0 Å². The fraction of sp³-hybridized carbons (Fsp3) is 1.00. The van der Waals surface area contributed by atoms with Gasteiger partial charge in [-0.15, -0.1) is 0 Å². The molecule has 0 amide bonds. The molecule has 0 bridgehead atoms. The van der Waals surface area contributed by atoms with Crippen LogP contribution in [0.5, 0.6) is 0 Å². The smallest absolute Gasteiger partial charge is 0.250 e.